The Balaban J connectivity index is 1.47. The molecule has 1 aliphatic heterocycles. The lowest BCUT2D eigenvalue weighted by Gasteiger charge is -2.18. The number of nitrogens with two attached hydrogens (primary N) is 1. The van der Waals surface area contributed by atoms with E-state index < -0.39 is 0 Å². The third-order valence-corrected chi connectivity index (χ3v) is 7.53. The van der Waals surface area contributed by atoms with Crippen molar-refractivity contribution < 1.29 is 9.18 Å². The number of fused-ring (bicyclic) bond motifs is 1. The van der Waals surface area contributed by atoms with Crippen molar-refractivity contribution >= 4 is 31.5 Å². The number of aromatic nitrogens is 1. The Bertz CT molecular complexity index is 1020. The summed E-state index contributed by atoms with van der Waals surface area (Å²) in [5, 5.41) is 10.9. The second-order valence-corrected chi connectivity index (χ2v) is 9.65. The smallest absolute Gasteiger partial charge is 0.225 e. The maximum Gasteiger partial charge on any atom is 0.225 e. The Morgan fingerprint density at radius 3 is 2.72 bits per heavy atom. The van der Waals surface area contributed by atoms with Crippen LogP contribution in [0.5, 0.6) is 0 Å². The molecule has 0 radical (unpaired) electrons. The topological polar surface area (TPSA) is 91.9 Å². The van der Waals surface area contributed by atoms with Gasteiger partial charge < -0.3 is 16.5 Å². The zero-order valence-electron chi connectivity index (χ0n) is 16.5. The lowest BCUT2D eigenvalue weighted by molar-refractivity contribution is -0.116. The van der Waals surface area contributed by atoms with Crippen LogP contribution >= 0.6 is 8.58 Å². The van der Waals surface area contributed by atoms with Gasteiger partial charge in [0.15, 0.2) is 0 Å². The van der Waals surface area contributed by atoms with Gasteiger partial charge in [0.05, 0.1) is 17.6 Å². The number of hydrogen-bond donors (Lipinski definition) is 3. The van der Waals surface area contributed by atoms with Crippen LogP contribution in [0.25, 0.3) is 5.57 Å². The van der Waals surface area contributed by atoms with Crippen LogP contribution in [0.1, 0.15) is 43.0 Å². The average molecular weight is 410 g/mol. The third-order valence-electron chi connectivity index (χ3n) is 5.75. The second-order valence-electron chi connectivity index (χ2n) is 7.95. The number of benzene rings is 1. The summed E-state index contributed by atoms with van der Waals surface area (Å²) in [6.45, 7) is 3.41. The fourth-order valence-corrected chi connectivity index (χ4v) is 5.74. The molecule has 29 heavy (non-hydrogen) atoms. The number of amides is 1. The van der Waals surface area contributed by atoms with Gasteiger partial charge in [-0.25, -0.2) is 4.39 Å². The van der Waals surface area contributed by atoms with Gasteiger partial charge in [0.25, 0.3) is 0 Å². The first-order valence-corrected chi connectivity index (χ1v) is 10.8. The zero-order valence-corrected chi connectivity index (χ0v) is 17.5. The molecule has 1 fully saturated rings. The number of halogens is 1. The number of pyridine rings is 1. The monoisotopic (exact) mass is 410 g/mol. The summed E-state index contributed by atoms with van der Waals surface area (Å²) >= 11 is 0. The summed E-state index contributed by atoms with van der Waals surface area (Å²) in [6, 6.07) is 8.50. The standard InChI is InChI=1S/C22H24FN4OP/c1-12(24)21(13(2)25)19-6-4-16(10-26-19)27-20(28)8-18-17-5-3-15(23)7-14(17)9-22(18)11-29-22/h3-7,10,18,24,29H,8-9,11,25H2,1-2H3,(H,27,28)/b21-13+,24-12?. The first kappa shape index (κ1) is 19.7. The van der Waals surface area contributed by atoms with E-state index in [0.29, 0.717) is 34.8 Å². The van der Waals surface area contributed by atoms with Gasteiger partial charge >= 0.3 is 0 Å². The molecule has 0 bridgehead atoms. The first-order chi connectivity index (χ1) is 13.8. The van der Waals surface area contributed by atoms with E-state index in [1.165, 1.54) is 6.07 Å². The molecule has 3 unspecified atom stereocenters. The SMILES string of the molecule is CC(=N)/C(=C(/C)N)c1ccc(NC(=O)CC2c3ccc(F)cc3CC23CP3)cn1. The minimum atomic E-state index is -0.208. The number of nitrogens with zero attached hydrogens (tertiary/aromatic N) is 1. The van der Waals surface area contributed by atoms with Gasteiger partial charge in [0.1, 0.15) is 5.82 Å². The molecule has 1 aromatic carbocycles. The van der Waals surface area contributed by atoms with E-state index >= 15 is 0 Å². The molecule has 1 aliphatic carbocycles. The molecule has 2 aromatic rings. The van der Waals surface area contributed by atoms with Gasteiger partial charge in [-0.3, -0.25) is 9.78 Å². The Hall–Kier alpha value is -2.59. The molecule has 0 saturated carbocycles. The average Bonchev–Trinajstić information content (AvgIpc) is 3.35. The normalized spacial score (nSPS) is 23.6. The maximum atomic E-state index is 13.6. The number of hydrogen-bond acceptors (Lipinski definition) is 4. The number of nitrogens with one attached hydrogen (secondary N) is 2. The minimum Gasteiger partial charge on any atom is -0.402 e. The Labute approximate surface area is 171 Å². The van der Waals surface area contributed by atoms with Crippen molar-refractivity contribution in [1.29, 1.82) is 5.41 Å². The highest BCUT2D eigenvalue weighted by Gasteiger charge is 2.54. The van der Waals surface area contributed by atoms with E-state index in [-0.39, 0.29) is 22.8 Å². The Morgan fingerprint density at radius 1 is 1.38 bits per heavy atom. The van der Waals surface area contributed by atoms with Crippen LogP contribution in [-0.2, 0) is 11.2 Å². The van der Waals surface area contributed by atoms with Gasteiger partial charge in [-0.05, 0) is 61.8 Å². The van der Waals surface area contributed by atoms with Crippen LogP contribution in [0.15, 0.2) is 42.2 Å². The fourth-order valence-electron chi connectivity index (χ4n) is 4.32. The van der Waals surface area contributed by atoms with E-state index in [4.69, 9.17) is 11.1 Å². The van der Waals surface area contributed by atoms with Crippen molar-refractivity contribution in [3.8, 4) is 0 Å². The summed E-state index contributed by atoms with van der Waals surface area (Å²) in [7, 11) is 0.836. The van der Waals surface area contributed by atoms with Crippen molar-refractivity contribution in [1.82, 2.24) is 4.98 Å². The van der Waals surface area contributed by atoms with E-state index in [0.717, 1.165) is 32.3 Å². The number of carbonyl (C=O) groups is 1. The highest BCUT2D eigenvalue weighted by molar-refractivity contribution is 7.49. The van der Waals surface area contributed by atoms with Crippen LogP contribution in [0.4, 0.5) is 10.1 Å². The molecular formula is C22H24FN4OP. The van der Waals surface area contributed by atoms with Crippen LogP contribution < -0.4 is 11.1 Å². The summed E-state index contributed by atoms with van der Waals surface area (Å²) < 4.78 is 13.6. The number of anilines is 1. The van der Waals surface area contributed by atoms with Crippen molar-refractivity contribution in [2.24, 2.45) is 5.73 Å². The molecule has 3 atom stereocenters. The molecule has 4 N–H and O–H groups in total. The summed E-state index contributed by atoms with van der Waals surface area (Å²) in [5.41, 5.74) is 10.8. The molecule has 150 valence electrons. The summed E-state index contributed by atoms with van der Waals surface area (Å²) in [4.78, 5) is 17.1. The first-order valence-electron chi connectivity index (χ1n) is 9.60. The lowest BCUT2D eigenvalue weighted by Crippen LogP contribution is -2.22. The summed E-state index contributed by atoms with van der Waals surface area (Å²) in [6.07, 6.45) is 3.98. The van der Waals surface area contributed by atoms with Crippen LogP contribution in [0.3, 0.4) is 0 Å². The molecule has 1 amide bonds. The van der Waals surface area contributed by atoms with E-state index in [1.54, 1.807) is 38.2 Å². The molecule has 4 rings (SSSR count). The van der Waals surface area contributed by atoms with Crippen LogP contribution in [-0.4, -0.2) is 27.9 Å². The van der Waals surface area contributed by atoms with Crippen LogP contribution in [0.2, 0.25) is 0 Å². The van der Waals surface area contributed by atoms with Gasteiger partial charge in [0, 0.05) is 34.5 Å². The van der Waals surface area contributed by atoms with Gasteiger partial charge in [-0.15, -0.1) is 8.58 Å². The minimum absolute atomic E-state index is 0.0631. The molecule has 1 aromatic heterocycles. The van der Waals surface area contributed by atoms with Gasteiger partial charge in [0.2, 0.25) is 5.91 Å². The largest absolute Gasteiger partial charge is 0.402 e. The Morgan fingerprint density at radius 2 is 2.14 bits per heavy atom. The molecule has 2 heterocycles. The van der Waals surface area contributed by atoms with Crippen molar-refractivity contribution in [2.45, 2.75) is 37.8 Å². The molecule has 5 nitrogen and oxygen atoms in total. The lowest BCUT2D eigenvalue weighted by atomic mass is 9.90. The zero-order chi connectivity index (χ0) is 20.8. The van der Waals surface area contributed by atoms with E-state index in [9.17, 15) is 9.18 Å². The molecule has 1 saturated heterocycles. The molecule has 1 spiro atoms. The second kappa shape index (κ2) is 7.34. The molecular weight excluding hydrogens is 386 g/mol. The van der Waals surface area contributed by atoms with E-state index in [1.807, 2.05) is 6.07 Å². The van der Waals surface area contributed by atoms with Crippen molar-refractivity contribution in [3.05, 3.63) is 64.9 Å². The number of carbonyl (C=O) groups excluding carboxylic acids is 1. The van der Waals surface area contributed by atoms with Crippen molar-refractivity contribution in [2.75, 3.05) is 11.5 Å². The highest BCUT2D eigenvalue weighted by atomic mass is 31.1. The molecule has 7 heteroatoms. The summed E-state index contributed by atoms with van der Waals surface area (Å²) in [5.74, 6) is -0.120. The van der Waals surface area contributed by atoms with Crippen LogP contribution in [0, 0.1) is 11.2 Å². The predicted octanol–water partition coefficient (Wildman–Crippen LogP) is 4.05. The fraction of sp³-hybridized carbons (Fsp3) is 0.318. The number of rotatable bonds is 5. The van der Waals surface area contributed by atoms with Gasteiger partial charge in [-0.2, -0.15) is 0 Å². The Kier molecular flexibility index (Phi) is 4.99. The molecule has 2 aliphatic rings. The predicted molar refractivity (Wildman–Crippen MR) is 116 cm³/mol. The quantitative estimate of drug-likeness (QED) is 0.513. The third kappa shape index (κ3) is 3.82. The van der Waals surface area contributed by atoms with Gasteiger partial charge in [-0.1, -0.05) is 6.07 Å². The van der Waals surface area contributed by atoms with Crippen molar-refractivity contribution in [3.63, 3.8) is 0 Å². The highest BCUT2D eigenvalue weighted by Crippen LogP contribution is 2.66. The van der Waals surface area contributed by atoms with E-state index in [2.05, 4.69) is 10.3 Å². The maximum absolute atomic E-state index is 13.6. The number of allylic oxidation sites excluding steroid dienone is 2.